The molecule has 1 aromatic rings. The first-order chi connectivity index (χ1) is 7.27. The second kappa shape index (κ2) is 4.72. The van der Waals surface area contributed by atoms with Gasteiger partial charge in [-0.1, -0.05) is 0 Å². The van der Waals surface area contributed by atoms with Gasteiger partial charge in [0.1, 0.15) is 11.6 Å². The predicted molar refractivity (Wildman–Crippen MR) is 58.8 cm³/mol. The van der Waals surface area contributed by atoms with Crippen molar-refractivity contribution < 1.29 is 0 Å². The van der Waals surface area contributed by atoms with Crippen LogP contribution in [0.4, 0.5) is 0 Å². The molecule has 0 bridgehead atoms. The van der Waals surface area contributed by atoms with E-state index in [0.29, 0.717) is 0 Å². The van der Waals surface area contributed by atoms with Gasteiger partial charge in [0, 0.05) is 46.2 Å². The molecule has 2 rings (SSSR count). The Labute approximate surface area is 90.5 Å². The molecule has 5 heteroatoms. The van der Waals surface area contributed by atoms with Crippen LogP contribution in [0.3, 0.4) is 0 Å². The molecular formula is C10H19N5. The van der Waals surface area contributed by atoms with Crippen molar-refractivity contribution >= 4 is 0 Å². The van der Waals surface area contributed by atoms with Crippen LogP contribution in [0.5, 0.6) is 0 Å². The summed E-state index contributed by atoms with van der Waals surface area (Å²) in [5, 5.41) is 11.6. The summed E-state index contributed by atoms with van der Waals surface area (Å²) in [5.41, 5.74) is 0. The first kappa shape index (κ1) is 10.6. The number of rotatable bonds is 3. The highest BCUT2D eigenvalue weighted by Gasteiger charge is 2.11. The molecule has 0 atom stereocenters. The van der Waals surface area contributed by atoms with Crippen LogP contribution < -0.4 is 5.32 Å². The van der Waals surface area contributed by atoms with E-state index >= 15 is 0 Å². The molecule has 84 valence electrons. The van der Waals surface area contributed by atoms with Gasteiger partial charge in [0.25, 0.3) is 0 Å². The van der Waals surface area contributed by atoms with Crippen molar-refractivity contribution in [2.45, 2.75) is 13.3 Å². The fourth-order valence-electron chi connectivity index (χ4n) is 1.86. The zero-order chi connectivity index (χ0) is 10.7. The van der Waals surface area contributed by atoms with Crippen LogP contribution in [-0.4, -0.2) is 52.4 Å². The molecular weight excluding hydrogens is 190 g/mol. The van der Waals surface area contributed by atoms with E-state index < -0.39 is 0 Å². The van der Waals surface area contributed by atoms with Crippen molar-refractivity contribution in [3.8, 4) is 0 Å². The maximum atomic E-state index is 4.17. The van der Waals surface area contributed by atoms with Gasteiger partial charge in [-0.25, -0.2) is 0 Å². The maximum absolute atomic E-state index is 4.17. The van der Waals surface area contributed by atoms with Gasteiger partial charge in [-0.3, -0.25) is 0 Å². The molecule has 1 N–H and O–H groups in total. The second-order valence-corrected chi connectivity index (χ2v) is 4.06. The molecule has 0 radical (unpaired) electrons. The number of nitrogens with zero attached hydrogens (tertiary/aromatic N) is 4. The van der Waals surface area contributed by atoms with Crippen LogP contribution in [0.15, 0.2) is 0 Å². The molecule has 0 amide bonds. The smallest absolute Gasteiger partial charge is 0.134 e. The number of nitrogens with one attached hydrogen (secondary N) is 1. The van der Waals surface area contributed by atoms with E-state index in [1.165, 1.54) is 0 Å². The van der Waals surface area contributed by atoms with Gasteiger partial charge in [0.15, 0.2) is 0 Å². The normalized spacial score (nSPS) is 18.3. The first-order valence-corrected chi connectivity index (χ1v) is 5.55. The average Bonchev–Trinajstić information content (AvgIpc) is 2.59. The third kappa shape index (κ3) is 2.54. The Morgan fingerprint density at radius 1 is 1.27 bits per heavy atom. The summed E-state index contributed by atoms with van der Waals surface area (Å²) in [6, 6.07) is 0. The minimum absolute atomic E-state index is 0.991. The number of hydrogen-bond donors (Lipinski definition) is 1. The molecule has 0 aliphatic carbocycles. The molecule has 1 aliphatic rings. The molecule has 1 saturated heterocycles. The Morgan fingerprint density at radius 3 is 2.60 bits per heavy atom. The average molecular weight is 209 g/mol. The summed E-state index contributed by atoms with van der Waals surface area (Å²) in [6.07, 6.45) is 0.997. The third-order valence-corrected chi connectivity index (χ3v) is 3.04. The number of aromatic nitrogens is 3. The van der Waals surface area contributed by atoms with Crippen molar-refractivity contribution in [3.05, 3.63) is 11.6 Å². The highest BCUT2D eigenvalue weighted by atomic mass is 15.3. The molecule has 1 aliphatic heterocycles. The predicted octanol–water partition coefficient (Wildman–Crippen LogP) is -0.429. The lowest BCUT2D eigenvalue weighted by Gasteiger charge is -2.26. The maximum Gasteiger partial charge on any atom is 0.134 e. The minimum Gasteiger partial charge on any atom is -0.318 e. The van der Waals surface area contributed by atoms with Gasteiger partial charge >= 0.3 is 0 Å². The van der Waals surface area contributed by atoms with Crippen molar-refractivity contribution in [2.24, 2.45) is 7.05 Å². The van der Waals surface area contributed by atoms with E-state index in [-0.39, 0.29) is 0 Å². The van der Waals surface area contributed by atoms with Gasteiger partial charge in [0.05, 0.1) is 0 Å². The Kier molecular flexibility index (Phi) is 3.33. The van der Waals surface area contributed by atoms with Gasteiger partial charge < -0.3 is 14.8 Å². The van der Waals surface area contributed by atoms with Gasteiger partial charge in [-0.2, -0.15) is 0 Å². The van der Waals surface area contributed by atoms with E-state index in [2.05, 4.69) is 25.0 Å². The molecule has 0 aromatic carbocycles. The standard InChI is InChI=1S/C10H19N5/c1-9-12-13-10(14(9)2)3-6-15-7-4-11-5-8-15/h11H,3-8H2,1-2H3. The monoisotopic (exact) mass is 209 g/mol. The largest absolute Gasteiger partial charge is 0.318 e. The molecule has 1 aromatic heterocycles. The fourth-order valence-corrected chi connectivity index (χ4v) is 1.86. The van der Waals surface area contributed by atoms with Crippen LogP contribution in [0, 0.1) is 6.92 Å². The van der Waals surface area contributed by atoms with Crippen molar-refractivity contribution in [1.82, 2.24) is 25.0 Å². The van der Waals surface area contributed by atoms with Crippen LogP contribution in [0.2, 0.25) is 0 Å². The molecule has 1 fully saturated rings. The zero-order valence-electron chi connectivity index (χ0n) is 9.53. The Morgan fingerprint density at radius 2 is 2.00 bits per heavy atom. The lowest BCUT2D eigenvalue weighted by molar-refractivity contribution is 0.242. The summed E-state index contributed by atoms with van der Waals surface area (Å²) >= 11 is 0. The quantitative estimate of drug-likeness (QED) is 0.734. The molecule has 0 unspecified atom stereocenters. The van der Waals surface area contributed by atoms with E-state index in [1.54, 1.807) is 0 Å². The zero-order valence-corrected chi connectivity index (χ0v) is 9.53. The van der Waals surface area contributed by atoms with Gasteiger partial charge in [0.2, 0.25) is 0 Å². The summed E-state index contributed by atoms with van der Waals surface area (Å²) in [5.74, 6) is 2.08. The topological polar surface area (TPSA) is 46.0 Å². The molecule has 5 nitrogen and oxygen atoms in total. The number of piperazine rings is 1. The van der Waals surface area contributed by atoms with E-state index in [1.807, 2.05) is 14.0 Å². The van der Waals surface area contributed by atoms with Crippen molar-refractivity contribution in [2.75, 3.05) is 32.7 Å². The molecule has 15 heavy (non-hydrogen) atoms. The third-order valence-electron chi connectivity index (χ3n) is 3.04. The van der Waals surface area contributed by atoms with Crippen LogP contribution >= 0.6 is 0 Å². The highest BCUT2D eigenvalue weighted by Crippen LogP contribution is 2.01. The van der Waals surface area contributed by atoms with Gasteiger partial charge in [-0.15, -0.1) is 10.2 Å². The highest BCUT2D eigenvalue weighted by molar-refractivity contribution is 4.93. The lowest BCUT2D eigenvalue weighted by atomic mass is 10.3. The van der Waals surface area contributed by atoms with Crippen molar-refractivity contribution in [3.63, 3.8) is 0 Å². The molecule has 0 saturated carbocycles. The number of aryl methyl sites for hydroxylation is 1. The van der Waals surface area contributed by atoms with E-state index in [4.69, 9.17) is 0 Å². The second-order valence-electron chi connectivity index (χ2n) is 4.06. The Balaban J connectivity index is 1.84. The lowest BCUT2D eigenvalue weighted by Crippen LogP contribution is -2.44. The molecule has 0 spiro atoms. The van der Waals surface area contributed by atoms with Crippen LogP contribution in [0.1, 0.15) is 11.6 Å². The fraction of sp³-hybridized carbons (Fsp3) is 0.800. The van der Waals surface area contributed by atoms with E-state index in [0.717, 1.165) is 50.8 Å². The number of hydrogen-bond acceptors (Lipinski definition) is 4. The first-order valence-electron chi connectivity index (χ1n) is 5.55. The van der Waals surface area contributed by atoms with Crippen LogP contribution in [-0.2, 0) is 13.5 Å². The van der Waals surface area contributed by atoms with Crippen LogP contribution in [0.25, 0.3) is 0 Å². The summed E-state index contributed by atoms with van der Waals surface area (Å²) in [7, 11) is 2.03. The SMILES string of the molecule is Cc1nnc(CCN2CCNCC2)n1C. The Bertz CT molecular complexity index is 314. The summed E-state index contributed by atoms with van der Waals surface area (Å²) in [6.45, 7) is 7.60. The minimum atomic E-state index is 0.991. The van der Waals surface area contributed by atoms with Crippen molar-refractivity contribution in [1.29, 1.82) is 0 Å². The summed E-state index contributed by atoms with van der Waals surface area (Å²) in [4.78, 5) is 2.47. The molecule has 2 heterocycles. The Hall–Kier alpha value is -0.940. The summed E-state index contributed by atoms with van der Waals surface area (Å²) < 4.78 is 2.07. The van der Waals surface area contributed by atoms with E-state index in [9.17, 15) is 0 Å². The van der Waals surface area contributed by atoms with Gasteiger partial charge in [-0.05, 0) is 6.92 Å².